The van der Waals surface area contributed by atoms with Gasteiger partial charge >= 0.3 is 11.9 Å². The average molecular weight is 287 g/mol. The van der Waals surface area contributed by atoms with Crippen molar-refractivity contribution in [3.05, 3.63) is 34.9 Å². The van der Waals surface area contributed by atoms with Crippen molar-refractivity contribution < 1.29 is 23.9 Å². The van der Waals surface area contributed by atoms with Gasteiger partial charge in [0.05, 0.1) is 32.3 Å². The summed E-state index contributed by atoms with van der Waals surface area (Å²) in [5, 5.41) is 8.93. The van der Waals surface area contributed by atoms with Gasteiger partial charge in [-0.2, -0.15) is 5.26 Å². The minimum absolute atomic E-state index is 0.0479. The maximum atomic E-state index is 12.5. The van der Waals surface area contributed by atoms with Crippen LogP contribution in [0.2, 0.25) is 0 Å². The highest BCUT2D eigenvalue weighted by Gasteiger charge is 2.52. The van der Waals surface area contributed by atoms with Crippen LogP contribution in [-0.4, -0.2) is 31.9 Å². The standard InChI is InChI=1S/C15H13NO5/c1-20-13(18)9-3-4-11-10(7-9)8-15(5-6-16,12(11)17)14(19)21-2/h3-4,7H,5,8H2,1-2H3. The summed E-state index contributed by atoms with van der Waals surface area (Å²) in [5.74, 6) is -1.70. The molecule has 6 nitrogen and oxygen atoms in total. The maximum Gasteiger partial charge on any atom is 0.337 e. The summed E-state index contributed by atoms with van der Waals surface area (Å²) >= 11 is 0. The number of hydrogen-bond donors (Lipinski definition) is 0. The summed E-state index contributed by atoms with van der Waals surface area (Å²) in [7, 11) is 2.44. The predicted molar refractivity (Wildman–Crippen MR) is 70.5 cm³/mol. The van der Waals surface area contributed by atoms with E-state index < -0.39 is 23.1 Å². The number of ether oxygens (including phenoxy) is 2. The molecular weight excluding hydrogens is 274 g/mol. The number of rotatable bonds is 3. The second-order valence-corrected chi connectivity index (χ2v) is 4.78. The van der Waals surface area contributed by atoms with Crippen molar-refractivity contribution in [2.45, 2.75) is 12.8 Å². The largest absolute Gasteiger partial charge is 0.468 e. The molecule has 1 aliphatic rings. The lowest BCUT2D eigenvalue weighted by Crippen LogP contribution is -2.37. The molecule has 0 radical (unpaired) electrons. The van der Waals surface area contributed by atoms with E-state index in [4.69, 9.17) is 5.26 Å². The molecule has 1 aliphatic carbocycles. The van der Waals surface area contributed by atoms with Crippen molar-refractivity contribution in [3.8, 4) is 6.07 Å². The second kappa shape index (κ2) is 5.37. The van der Waals surface area contributed by atoms with Crippen molar-refractivity contribution in [2.24, 2.45) is 5.41 Å². The average Bonchev–Trinajstić information content (AvgIpc) is 2.79. The molecule has 0 heterocycles. The molecular formula is C15H13NO5. The van der Waals surface area contributed by atoms with Crippen LogP contribution < -0.4 is 0 Å². The lowest BCUT2D eigenvalue weighted by molar-refractivity contribution is -0.149. The summed E-state index contributed by atoms with van der Waals surface area (Å²) in [6.45, 7) is 0. The van der Waals surface area contributed by atoms with E-state index in [9.17, 15) is 14.4 Å². The molecule has 0 amide bonds. The number of benzene rings is 1. The van der Waals surface area contributed by atoms with Crippen LogP contribution in [0.1, 0.15) is 32.7 Å². The van der Waals surface area contributed by atoms with Gasteiger partial charge in [-0.25, -0.2) is 4.79 Å². The third-order valence-corrected chi connectivity index (χ3v) is 3.65. The van der Waals surface area contributed by atoms with Gasteiger partial charge in [-0.05, 0) is 24.1 Å². The molecule has 0 N–H and O–H groups in total. The van der Waals surface area contributed by atoms with E-state index in [1.165, 1.54) is 32.4 Å². The van der Waals surface area contributed by atoms with E-state index in [-0.39, 0.29) is 12.8 Å². The minimum Gasteiger partial charge on any atom is -0.468 e. The Kier molecular flexibility index (Phi) is 3.76. The molecule has 0 aliphatic heterocycles. The van der Waals surface area contributed by atoms with Gasteiger partial charge in [0.25, 0.3) is 0 Å². The first-order valence-electron chi connectivity index (χ1n) is 6.21. The fourth-order valence-electron chi connectivity index (χ4n) is 2.58. The Morgan fingerprint density at radius 1 is 1.33 bits per heavy atom. The molecule has 1 atom stereocenters. The van der Waals surface area contributed by atoms with Gasteiger partial charge < -0.3 is 9.47 Å². The molecule has 108 valence electrons. The molecule has 6 heteroatoms. The van der Waals surface area contributed by atoms with Crippen molar-refractivity contribution in [1.82, 2.24) is 0 Å². The number of nitrogens with zero attached hydrogens (tertiary/aromatic N) is 1. The number of Topliss-reactive ketones (excluding diaryl/α,β-unsaturated/α-hetero) is 1. The third-order valence-electron chi connectivity index (χ3n) is 3.65. The molecule has 1 aromatic carbocycles. The van der Waals surface area contributed by atoms with E-state index in [2.05, 4.69) is 9.47 Å². The molecule has 0 spiro atoms. The van der Waals surface area contributed by atoms with Gasteiger partial charge in [0.2, 0.25) is 0 Å². The van der Waals surface area contributed by atoms with E-state index >= 15 is 0 Å². The number of fused-ring (bicyclic) bond motifs is 1. The molecule has 0 saturated carbocycles. The Morgan fingerprint density at radius 2 is 2.05 bits per heavy atom. The lowest BCUT2D eigenvalue weighted by atomic mass is 9.81. The predicted octanol–water partition coefficient (Wildman–Crippen LogP) is 1.29. The Balaban J connectivity index is 2.50. The van der Waals surface area contributed by atoms with Gasteiger partial charge in [-0.15, -0.1) is 0 Å². The highest BCUT2D eigenvalue weighted by atomic mass is 16.5. The number of ketones is 1. The van der Waals surface area contributed by atoms with Crippen LogP contribution >= 0.6 is 0 Å². The fourth-order valence-corrected chi connectivity index (χ4v) is 2.58. The summed E-state index contributed by atoms with van der Waals surface area (Å²) in [4.78, 5) is 36.0. The summed E-state index contributed by atoms with van der Waals surface area (Å²) in [6, 6.07) is 6.32. The normalized spacial score (nSPS) is 19.6. The zero-order chi connectivity index (χ0) is 15.6. The molecule has 2 rings (SSSR count). The summed E-state index contributed by atoms with van der Waals surface area (Å²) in [6.07, 6.45) is -0.215. The van der Waals surface area contributed by atoms with Crippen LogP contribution in [0.3, 0.4) is 0 Å². The van der Waals surface area contributed by atoms with Crippen LogP contribution in [0.25, 0.3) is 0 Å². The second-order valence-electron chi connectivity index (χ2n) is 4.78. The van der Waals surface area contributed by atoms with Crippen LogP contribution in [0, 0.1) is 16.7 Å². The van der Waals surface area contributed by atoms with Crippen LogP contribution in [0.4, 0.5) is 0 Å². The Labute approximate surface area is 121 Å². The first kappa shape index (κ1) is 14.7. The Bertz CT molecular complexity index is 673. The zero-order valence-electron chi connectivity index (χ0n) is 11.6. The Hall–Kier alpha value is -2.68. The molecule has 1 unspecified atom stereocenters. The quantitative estimate of drug-likeness (QED) is 0.614. The number of carbonyl (C=O) groups excluding carboxylic acids is 3. The topological polar surface area (TPSA) is 93.5 Å². The summed E-state index contributed by atoms with van der Waals surface area (Å²) < 4.78 is 9.31. The first-order valence-corrected chi connectivity index (χ1v) is 6.21. The molecule has 0 bridgehead atoms. The fraction of sp³-hybridized carbons (Fsp3) is 0.333. The van der Waals surface area contributed by atoms with Crippen LogP contribution in [0.5, 0.6) is 0 Å². The minimum atomic E-state index is -1.51. The first-order chi connectivity index (χ1) is 10.00. The van der Waals surface area contributed by atoms with Gasteiger partial charge in [-0.3, -0.25) is 9.59 Å². The van der Waals surface area contributed by atoms with Crippen molar-refractivity contribution in [2.75, 3.05) is 14.2 Å². The van der Waals surface area contributed by atoms with E-state index in [1.54, 1.807) is 0 Å². The van der Waals surface area contributed by atoms with Gasteiger partial charge in [-0.1, -0.05) is 6.07 Å². The van der Waals surface area contributed by atoms with Crippen LogP contribution in [-0.2, 0) is 20.7 Å². The molecule has 0 saturated heterocycles. The van der Waals surface area contributed by atoms with Crippen LogP contribution in [0.15, 0.2) is 18.2 Å². The monoisotopic (exact) mass is 287 g/mol. The van der Waals surface area contributed by atoms with Gasteiger partial charge in [0.15, 0.2) is 5.78 Å². The van der Waals surface area contributed by atoms with Crippen molar-refractivity contribution in [3.63, 3.8) is 0 Å². The van der Waals surface area contributed by atoms with Gasteiger partial charge in [0.1, 0.15) is 5.41 Å². The number of methoxy groups -OCH3 is 2. The lowest BCUT2D eigenvalue weighted by Gasteiger charge is -2.20. The van der Waals surface area contributed by atoms with Crippen molar-refractivity contribution >= 4 is 17.7 Å². The highest BCUT2D eigenvalue weighted by molar-refractivity contribution is 6.16. The van der Waals surface area contributed by atoms with E-state index in [1.807, 2.05) is 6.07 Å². The van der Waals surface area contributed by atoms with Gasteiger partial charge in [0, 0.05) is 5.56 Å². The van der Waals surface area contributed by atoms with E-state index in [0.29, 0.717) is 16.7 Å². The maximum absolute atomic E-state index is 12.5. The highest BCUT2D eigenvalue weighted by Crippen LogP contribution is 2.40. The third kappa shape index (κ3) is 2.17. The number of hydrogen-bond acceptors (Lipinski definition) is 6. The number of nitriles is 1. The zero-order valence-corrected chi connectivity index (χ0v) is 11.6. The smallest absolute Gasteiger partial charge is 0.337 e. The summed E-state index contributed by atoms with van der Waals surface area (Å²) in [5.41, 5.74) is -0.339. The molecule has 0 fully saturated rings. The molecule has 1 aromatic rings. The number of carbonyl (C=O) groups is 3. The number of esters is 2. The Morgan fingerprint density at radius 3 is 2.62 bits per heavy atom. The van der Waals surface area contributed by atoms with Crippen molar-refractivity contribution in [1.29, 1.82) is 5.26 Å². The SMILES string of the molecule is COC(=O)c1ccc2c(c1)CC(CC#N)(C(=O)OC)C2=O. The van der Waals surface area contributed by atoms with E-state index in [0.717, 1.165) is 0 Å². The molecule has 21 heavy (non-hydrogen) atoms. The molecule has 0 aromatic heterocycles.